The molecule has 4 amide bonds. The van der Waals surface area contributed by atoms with Crippen molar-refractivity contribution < 1.29 is 32.7 Å². The summed E-state index contributed by atoms with van der Waals surface area (Å²) in [5, 5.41) is 10.3. The van der Waals surface area contributed by atoms with Crippen molar-refractivity contribution in [2.45, 2.75) is 69.2 Å². The van der Waals surface area contributed by atoms with Crippen molar-refractivity contribution in [1.29, 1.82) is 0 Å². The highest BCUT2D eigenvalue weighted by Crippen LogP contribution is 2.40. The summed E-state index contributed by atoms with van der Waals surface area (Å²) in [6, 6.07) is 4.18. The van der Waals surface area contributed by atoms with Gasteiger partial charge < -0.3 is 20.3 Å². The maximum Gasteiger partial charge on any atom is 0.410 e. The van der Waals surface area contributed by atoms with E-state index in [1.54, 1.807) is 29.3 Å². The van der Waals surface area contributed by atoms with E-state index in [4.69, 9.17) is 4.74 Å². The van der Waals surface area contributed by atoms with Crippen LogP contribution in [0, 0.1) is 0 Å². The zero-order valence-corrected chi connectivity index (χ0v) is 22.3. The van der Waals surface area contributed by atoms with E-state index in [-0.39, 0.29) is 17.2 Å². The molecule has 2 N–H and O–H groups in total. The van der Waals surface area contributed by atoms with Gasteiger partial charge in [0.2, 0.25) is 5.91 Å². The molecule has 4 aliphatic rings. The number of imide groups is 1. The lowest BCUT2D eigenvalue weighted by atomic mass is 9.91. The van der Waals surface area contributed by atoms with Gasteiger partial charge in [-0.1, -0.05) is 12.6 Å². The van der Waals surface area contributed by atoms with Crippen LogP contribution in [0.3, 0.4) is 0 Å². The number of hydrogen-bond donors (Lipinski definition) is 2. The summed E-state index contributed by atoms with van der Waals surface area (Å²) in [6.07, 6.45) is 3.62. The molecule has 1 unspecified atom stereocenters. The van der Waals surface area contributed by atoms with Gasteiger partial charge in [0.25, 0.3) is 17.7 Å². The maximum absolute atomic E-state index is 13.3. The molecular weight excluding hydrogens is 538 g/mol. The van der Waals surface area contributed by atoms with Crippen LogP contribution in [-0.2, 0) is 16.1 Å². The van der Waals surface area contributed by atoms with E-state index >= 15 is 0 Å². The molecule has 0 bridgehead atoms. The van der Waals surface area contributed by atoms with E-state index in [2.05, 4.69) is 22.3 Å². The number of amides is 4. The second-order valence-electron chi connectivity index (χ2n) is 11.0. The van der Waals surface area contributed by atoms with Gasteiger partial charge in [0, 0.05) is 55.6 Å². The van der Waals surface area contributed by atoms with Gasteiger partial charge in [-0.2, -0.15) is 5.10 Å². The molecule has 1 atom stereocenters. The first kappa shape index (κ1) is 26.9. The van der Waals surface area contributed by atoms with E-state index in [1.807, 2.05) is 10.9 Å². The van der Waals surface area contributed by atoms with Crippen LogP contribution < -0.4 is 10.6 Å². The molecule has 0 spiro atoms. The highest BCUT2D eigenvalue weighted by Gasteiger charge is 2.48. The SMILES string of the molecule is C=C1CCC(N2C(=O)c3cccc(NCc4cnn(C5CCN(C(=O)OC6CC(F)(F)C6)CC5)c4)c3C2=O)C(=O)N1. The molecule has 1 aromatic heterocycles. The van der Waals surface area contributed by atoms with Crippen molar-refractivity contribution in [2.24, 2.45) is 0 Å². The molecule has 11 nitrogen and oxygen atoms in total. The highest BCUT2D eigenvalue weighted by atomic mass is 19.3. The van der Waals surface area contributed by atoms with Crippen LogP contribution in [0.2, 0.25) is 0 Å². The molecule has 3 aliphatic heterocycles. The number of aromatic nitrogens is 2. The smallest absolute Gasteiger partial charge is 0.410 e. The average molecular weight is 569 g/mol. The predicted octanol–water partition coefficient (Wildman–Crippen LogP) is 3.45. The first-order chi connectivity index (χ1) is 19.6. The van der Waals surface area contributed by atoms with Crippen molar-refractivity contribution in [3.8, 4) is 0 Å². The number of carbonyl (C=O) groups is 4. The van der Waals surface area contributed by atoms with Gasteiger partial charge in [-0.3, -0.25) is 24.0 Å². The molecule has 3 fully saturated rings. The number of carbonyl (C=O) groups excluding carboxylic acids is 4. The normalized spacial score (nSPS) is 22.8. The van der Waals surface area contributed by atoms with Crippen LogP contribution in [0.1, 0.15) is 70.8 Å². The fourth-order valence-corrected chi connectivity index (χ4v) is 5.83. The fraction of sp³-hybridized carbons (Fsp3) is 0.464. The molecule has 1 aromatic carbocycles. The second kappa shape index (κ2) is 10.3. The van der Waals surface area contributed by atoms with Gasteiger partial charge in [0.1, 0.15) is 12.1 Å². The molecule has 41 heavy (non-hydrogen) atoms. The number of nitrogens with zero attached hydrogens (tertiary/aromatic N) is 4. The lowest BCUT2D eigenvalue weighted by Crippen LogP contribution is -2.51. The Morgan fingerprint density at radius 3 is 2.61 bits per heavy atom. The molecule has 4 heterocycles. The number of anilines is 1. The molecule has 13 heteroatoms. The number of piperidine rings is 2. The predicted molar refractivity (Wildman–Crippen MR) is 141 cm³/mol. The summed E-state index contributed by atoms with van der Waals surface area (Å²) in [4.78, 5) is 53.8. The van der Waals surface area contributed by atoms with Gasteiger partial charge in [-0.15, -0.1) is 0 Å². The lowest BCUT2D eigenvalue weighted by molar-refractivity contribution is -0.148. The minimum Gasteiger partial charge on any atom is -0.446 e. The Labute approximate surface area is 234 Å². The topological polar surface area (TPSA) is 126 Å². The van der Waals surface area contributed by atoms with Crippen LogP contribution >= 0.6 is 0 Å². The van der Waals surface area contributed by atoms with E-state index < -0.39 is 54.7 Å². The van der Waals surface area contributed by atoms with Gasteiger partial charge in [0.15, 0.2) is 0 Å². The fourth-order valence-electron chi connectivity index (χ4n) is 5.83. The Balaban J connectivity index is 1.05. The monoisotopic (exact) mass is 568 g/mol. The maximum atomic E-state index is 13.3. The number of halogens is 2. The van der Waals surface area contributed by atoms with Crippen LogP contribution in [0.4, 0.5) is 19.3 Å². The number of allylic oxidation sites excluding steroid dienone is 1. The van der Waals surface area contributed by atoms with Gasteiger partial charge in [0.05, 0.1) is 23.4 Å². The van der Waals surface area contributed by atoms with Crippen molar-refractivity contribution in [2.75, 3.05) is 18.4 Å². The molecule has 0 radical (unpaired) electrons. The Kier molecular flexibility index (Phi) is 6.74. The molecule has 2 saturated heterocycles. The Hall–Kier alpha value is -4.29. The number of rotatable bonds is 6. The number of alkyl halides is 2. The van der Waals surface area contributed by atoms with Gasteiger partial charge in [-0.05, 0) is 37.8 Å². The number of nitrogens with one attached hydrogen (secondary N) is 2. The number of likely N-dealkylation sites (tertiary alicyclic amines) is 1. The second-order valence-corrected chi connectivity index (χ2v) is 11.0. The minimum atomic E-state index is -2.73. The third kappa shape index (κ3) is 5.16. The van der Waals surface area contributed by atoms with Crippen LogP contribution in [-0.4, -0.2) is 74.6 Å². The molecule has 2 aromatic rings. The number of fused-ring (bicyclic) bond motifs is 1. The summed E-state index contributed by atoms with van der Waals surface area (Å²) in [6.45, 7) is 4.98. The quantitative estimate of drug-likeness (QED) is 0.512. The average Bonchev–Trinajstić information content (AvgIpc) is 3.50. The summed E-state index contributed by atoms with van der Waals surface area (Å²) in [5.74, 6) is -4.15. The van der Waals surface area contributed by atoms with Crippen molar-refractivity contribution >= 4 is 29.5 Å². The molecule has 1 saturated carbocycles. The Morgan fingerprint density at radius 1 is 1.15 bits per heavy atom. The molecule has 1 aliphatic carbocycles. The highest BCUT2D eigenvalue weighted by molar-refractivity contribution is 6.25. The standard InChI is InChI=1S/C28H30F2N6O5/c1-16-5-6-22(24(37)33-16)36-25(38)20-3-2-4-21(23(20)26(36)39)31-13-17-14-32-35(15-17)18-7-9-34(10-8-18)27(40)41-19-11-28(29,30)12-19/h2-4,14-15,18-19,22,31H,1,5-13H2,(H,33,37). The van der Waals surface area contributed by atoms with Crippen molar-refractivity contribution in [3.05, 3.63) is 59.6 Å². The first-order valence-corrected chi connectivity index (χ1v) is 13.7. The van der Waals surface area contributed by atoms with E-state index in [1.165, 1.54) is 0 Å². The zero-order valence-electron chi connectivity index (χ0n) is 22.3. The summed E-state index contributed by atoms with van der Waals surface area (Å²) in [7, 11) is 0. The summed E-state index contributed by atoms with van der Waals surface area (Å²) < 4.78 is 33.0. The van der Waals surface area contributed by atoms with Crippen LogP contribution in [0.15, 0.2) is 42.9 Å². The number of benzene rings is 1. The lowest BCUT2D eigenvalue weighted by Gasteiger charge is -2.37. The first-order valence-electron chi connectivity index (χ1n) is 13.7. The zero-order chi connectivity index (χ0) is 28.9. The molecule has 6 rings (SSSR count). The minimum absolute atomic E-state index is 0.0623. The Morgan fingerprint density at radius 2 is 1.90 bits per heavy atom. The van der Waals surface area contributed by atoms with E-state index in [0.29, 0.717) is 56.7 Å². The van der Waals surface area contributed by atoms with Gasteiger partial charge >= 0.3 is 6.09 Å². The van der Waals surface area contributed by atoms with Crippen LogP contribution in [0.25, 0.3) is 0 Å². The van der Waals surface area contributed by atoms with E-state index in [9.17, 15) is 28.0 Å². The van der Waals surface area contributed by atoms with Gasteiger partial charge in [-0.25, -0.2) is 13.6 Å². The third-order valence-electron chi connectivity index (χ3n) is 8.14. The van der Waals surface area contributed by atoms with E-state index in [0.717, 1.165) is 10.5 Å². The van der Waals surface area contributed by atoms with Crippen molar-refractivity contribution in [1.82, 2.24) is 24.9 Å². The van der Waals surface area contributed by atoms with Crippen molar-refractivity contribution in [3.63, 3.8) is 0 Å². The Bertz CT molecular complexity index is 1420. The number of ether oxygens (including phenoxy) is 1. The third-order valence-corrected chi connectivity index (χ3v) is 8.14. The molecular formula is C28H30F2N6O5. The largest absolute Gasteiger partial charge is 0.446 e. The number of hydrogen-bond acceptors (Lipinski definition) is 7. The molecule has 216 valence electrons. The van der Waals surface area contributed by atoms with Crippen LogP contribution in [0.5, 0.6) is 0 Å². The summed E-state index contributed by atoms with van der Waals surface area (Å²) >= 11 is 0. The summed E-state index contributed by atoms with van der Waals surface area (Å²) in [5.41, 5.74) is 2.41.